The predicted octanol–water partition coefficient (Wildman–Crippen LogP) is 6.95. The maximum Gasteiger partial charge on any atom is 0.407 e. The van der Waals surface area contributed by atoms with E-state index in [4.69, 9.17) is 14.5 Å². The molecule has 47 heavy (non-hydrogen) atoms. The normalized spacial score (nSPS) is 18.0. The second-order valence-electron chi connectivity index (χ2n) is 14.1. The lowest BCUT2D eigenvalue weighted by molar-refractivity contribution is 0.00612. The topological polar surface area (TPSA) is 121 Å². The zero-order valence-corrected chi connectivity index (χ0v) is 29.4. The van der Waals surface area contributed by atoms with Gasteiger partial charge in [-0.3, -0.25) is 0 Å². The van der Waals surface area contributed by atoms with Gasteiger partial charge in [0.05, 0.1) is 22.1 Å². The van der Waals surface area contributed by atoms with Crippen molar-refractivity contribution in [3.8, 4) is 0 Å². The number of hydrogen-bond acceptors (Lipinski definition) is 8. The van der Waals surface area contributed by atoms with Gasteiger partial charge in [-0.05, 0) is 118 Å². The molecule has 0 saturated carbocycles. The molecule has 1 fully saturated rings. The van der Waals surface area contributed by atoms with Crippen molar-refractivity contribution in [1.82, 2.24) is 10.3 Å². The van der Waals surface area contributed by atoms with Crippen LogP contribution in [0.15, 0.2) is 59.1 Å². The fraction of sp³-hybridized carbons (Fsp3) is 0.444. The van der Waals surface area contributed by atoms with Crippen LogP contribution in [0.4, 0.5) is 16.3 Å². The third-order valence-electron chi connectivity index (χ3n) is 8.08. The number of nitrogens with one attached hydrogen (secondary N) is 1. The fourth-order valence-electron chi connectivity index (χ4n) is 6.18. The number of aromatic nitrogens is 1. The van der Waals surface area contributed by atoms with Crippen LogP contribution < -0.4 is 15.1 Å². The highest BCUT2D eigenvalue weighted by atomic mass is 79.9. The minimum absolute atomic E-state index is 0.113. The number of alkyl carbamates (subject to hydrolysis) is 1. The molecule has 2 atom stereocenters. The molecule has 10 nitrogen and oxygen atoms in total. The predicted molar refractivity (Wildman–Crippen MR) is 184 cm³/mol. The lowest BCUT2D eigenvalue weighted by Crippen LogP contribution is -2.40. The second-order valence-corrected chi connectivity index (χ2v) is 15.0. The monoisotopic (exact) mass is 706 g/mol. The Balaban J connectivity index is 1.50. The van der Waals surface area contributed by atoms with E-state index in [1.807, 2.05) is 77.9 Å². The molecule has 3 heterocycles. The Morgan fingerprint density at radius 1 is 0.979 bits per heavy atom. The summed E-state index contributed by atoms with van der Waals surface area (Å²) in [4.78, 5) is 47.4. The summed E-state index contributed by atoms with van der Waals surface area (Å²) in [5.41, 5.74) is 2.68. The number of fused-ring (bicyclic) bond motifs is 1. The Hall–Kier alpha value is -4.12. The molecule has 1 saturated heterocycles. The third kappa shape index (κ3) is 8.43. The molecule has 5 rings (SSSR count). The van der Waals surface area contributed by atoms with Gasteiger partial charge in [0.1, 0.15) is 17.0 Å². The van der Waals surface area contributed by atoms with Gasteiger partial charge in [0, 0.05) is 25.3 Å². The summed E-state index contributed by atoms with van der Waals surface area (Å²) in [6, 6.07) is 17.0. The average Bonchev–Trinajstić information content (AvgIpc) is 3.44. The molecule has 0 bridgehead atoms. The summed E-state index contributed by atoms with van der Waals surface area (Å²) < 4.78 is 11.6. The first-order chi connectivity index (χ1) is 22.1. The Kier molecular flexibility index (Phi) is 9.86. The van der Waals surface area contributed by atoms with E-state index in [-0.39, 0.29) is 23.3 Å². The van der Waals surface area contributed by atoms with Crippen molar-refractivity contribution in [2.24, 2.45) is 0 Å². The molecule has 2 aliphatic heterocycles. The molecule has 1 unspecified atom stereocenters. The Labute approximate surface area is 284 Å². The van der Waals surface area contributed by atoms with E-state index >= 15 is 0 Å². The maximum atomic E-state index is 13.1. The minimum atomic E-state index is -1.01. The third-order valence-corrected chi connectivity index (χ3v) is 8.72. The number of ether oxygens (including phenoxy) is 2. The van der Waals surface area contributed by atoms with E-state index < -0.39 is 29.2 Å². The van der Waals surface area contributed by atoms with Crippen LogP contribution in [0.2, 0.25) is 0 Å². The first-order valence-corrected chi connectivity index (χ1v) is 16.7. The molecule has 0 spiro atoms. The molecule has 250 valence electrons. The van der Waals surface area contributed by atoms with E-state index in [0.29, 0.717) is 42.8 Å². The minimum Gasteiger partial charge on any atom is -0.478 e. The molecule has 1 amide bonds. The highest BCUT2D eigenvalue weighted by Gasteiger charge is 2.35. The van der Waals surface area contributed by atoms with Gasteiger partial charge in [-0.15, -0.1) is 0 Å². The summed E-state index contributed by atoms with van der Waals surface area (Å²) in [5.74, 6) is -0.982. The number of hydrogen-bond donors (Lipinski definition) is 2. The van der Waals surface area contributed by atoms with Crippen LogP contribution in [0.25, 0.3) is 0 Å². The first-order valence-electron chi connectivity index (χ1n) is 15.9. The number of rotatable bonds is 7. The molecule has 2 aliphatic rings. The number of anilines is 2. The number of carbonyl (C=O) groups excluding carboxylic acids is 2. The number of aromatic carboxylic acids is 1. The number of carbonyl (C=O) groups is 3. The van der Waals surface area contributed by atoms with Gasteiger partial charge in [-0.2, -0.15) is 0 Å². The van der Waals surface area contributed by atoms with Crippen LogP contribution in [0.5, 0.6) is 0 Å². The standard InChI is InChI=1S/C36H43BrN4O6/c1-35(2,3)46-33(44)31-27(37)12-13-29(39-31)41-17-14-23-19-25(40-16-15-24(21-40)38-34(45)47-36(4,5)6)20-26(32(42)43)30(23)28(41)18-22-10-8-7-9-11-22/h7-13,19-20,24,28H,14-18,21H2,1-6H3,(H,38,45)(H,42,43)/t24?,28-/m0/s1. The van der Waals surface area contributed by atoms with Crippen molar-refractivity contribution in [1.29, 1.82) is 0 Å². The molecular formula is C36H43BrN4O6. The molecule has 0 radical (unpaired) electrons. The zero-order chi connectivity index (χ0) is 34.1. The van der Waals surface area contributed by atoms with Gasteiger partial charge in [-0.1, -0.05) is 30.3 Å². The van der Waals surface area contributed by atoms with E-state index in [2.05, 4.69) is 37.1 Å². The largest absolute Gasteiger partial charge is 0.478 e. The van der Waals surface area contributed by atoms with Gasteiger partial charge >= 0.3 is 18.0 Å². The van der Waals surface area contributed by atoms with Crippen LogP contribution in [0.3, 0.4) is 0 Å². The number of pyridine rings is 1. The van der Waals surface area contributed by atoms with Crippen molar-refractivity contribution in [3.05, 3.63) is 87.0 Å². The van der Waals surface area contributed by atoms with E-state index in [1.165, 1.54) is 0 Å². The first kappa shape index (κ1) is 34.2. The molecule has 2 N–H and O–H groups in total. The molecule has 3 aromatic rings. The summed E-state index contributed by atoms with van der Waals surface area (Å²) in [6.07, 6.45) is 1.39. The van der Waals surface area contributed by atoms with Crippen molar-refractivity contribution in [2.45, 2.75) is 84.1 Å². The van der Waals surface area contributed by atoms with Crippen LogP contribution in [-0.2, 0) is 22.3 Å². The number of amides is 1. The van der Waals surface area contributed by atoms with Crippen LogP contribution in [0, 0.1) is 0 Å². The molecular weight excluding hydrogens is 664 g/mol. The van der Waals surface area contributed by atoms with E-state index in [9.17, 15) is 19.5 Å². The Morgan fingerprint density at radius 3 is 2.34 bits per heavy atom. The Morgan fingerprint density at radius 2 is 1.68 bits per heavy atom. The number of nitrogens with zero attached hydrogens (tertiary/aromatic N) is 3. The molecule has 11 heteroatoms. The van der Waals surface area contributed by atoms with Crippen LogP contribution >= 0.6 is 15.9 Å². The number of halogens is 1. The van der Waals surface area contributed by atoms with E-state index in [0.717, 1.165) is 28.8 Å². The quantitative estimate of drug-likeness (QED) is 0.252. The number of carboxylic acid groups (broad SMARTS) is 1. The maximum absolute atomic E-state index is 13.1. The van der Waals surface area contributed by atoms with Crippen LogP contribution in [-0.4, -0.2) is 65.0 Å². The Bertz CT molecular complexity index is 1650. The summed E-state index contributed by atoms with van der Waals surface area (Å²) >= 11 is 3.46. The van der Waals surface area contributed by atoms with Gasteiger partial charge < -0.3 is 29.7 Å². The van der Waals surface area contributed by atoms with Crippen molar-refractivity contribution < 1.29 is 29.0 Å². The van der Waals surface area contributed by atoms with Crippen molar-refractivity contribution >= 4 is 45.5 Å². The highest BCUT2D eigenvalue weighted by Crippen LogP contribution is 2.40. The molecule has 0 aliphatic carbocycles. The summed E-state index contributed by atoms with van der Waals surface area (Å²) in [5, 5.41) is 13.5. The van der Waals surface area contributed by atoms with Gasteiger partial charge in [-0.25, -0.2) is 19.4 Å². The number of benzene rings is 2. The van der Waals surface area contributed by atoms with Gasteiger partial charge in [0.15, 0.2) is 5.69 Å². The summed E-state index contributed by atoms with van der Waals surface area (Å²) in [6.45, 7) is 12.7. The second kappa shape index (κ2) is 13.5. The average molecular weight is 708 g/mol. The molecule has 1 aromatic heterocycles. The highest BCUT2D eigenvalue weighted by molar-refractivity contribution is 9.10. The van der Waals surface area contributed by atoms with E-state index in [1.54, 1.807) is 12.1 Å². The number of esters is 1. The summed E-state index contributed by atoms with van der Waals surface area (Å²) in [7, 11) is 0. The van der Waals surface area contributed by atoms with Crippen molar-refractivity contribution in [3.63, 3.8) is 0 Å². The van der Waals surface area contributed by atoms with Crippen molar-refractivity contribution in [2.75, 3.05) is 29.4 Å². The zero-order valence-electron chi connectivity index (χ0n) is 27.8. The lowest BCUT2D eigenvalue weighted by Gasteiger charge is -2.40. The molecule has 2 aromatic carbocycles. The number of carboxylic acids is 1. The van der Waals surface area contributed by atoms with Gasteiger partial charge in [0.2, 0.25) is 0 Å². The lowest BCUT2D eigenvalue weighted by atomic mass is 9.84. The van der Waals surface area contributed by atoms with Crippen LogP contribution in [0.1, 0.15) is 91.5 Å². The van der Waals surface area contributed by atoms with Gasteiger partial charge in [0.25, 0.3) is 0 Å². The SMILES string of the molecule is CC(C)(C)OC(=O)NC1CCN(c2cc3c(c(C(=O)O)c2)[C@H](Cc2ccccc2)N(c2ccc(Br)c(C(=O)OC(C)(C)C)n2)CC3)C1. The fourth-order valence-corrected chi connectivity index (χ4v) is 6.56. The smallest absolute Gasteiger partial charge is 0.407 e.